The normalized spacial score (nSPS) is 10.7. The number of nitrogens with one attached hydrogen (secondary N) is 2. The van der Waals surface area contributed by atoms with Gasteiger partial charge in [-0.15, -0.1) is 11.3 Å². The van der Waals surface area contributed by atoms with Crippen molar-refractivity contribution in [2.45, 2.75) is 26.7 Å². The Labute approximate surface area is 144 Å². The van der Waals surface area contributed by atoms with Gasteiger partial charge in [0.25, 0.3) is 11.8 Å². The van der Waals surface area contributed by atoms with Gasteiger partial charge in [0, 0.05) is 24.6 Å². The highest BCUT2D eigenvalue weighted by molar-refractivity contribution is 7.13. The lowest BCUT2D eigenvalue weighted by molar-refractivity contribution is 0.0929. The van der Waals surface area contributed by atoms with E-state index in [1.807, 2.05) is 20.8 Å². The molecular formula is C17H20FN3O2S. The van der Waals surface area contributed by atoms with E-state index in [2.05, 4.69) is 15.6 Å². The number of halogens is 1. The van der Waals surface area contributed by atoms with Crippen molar-refractivity contribution in [1.82, 2.24) is 15.6 Å². The smallest absolute Gasteiger partial charge is 0.263 e. The Bertz CT molecular complexity index is 726. The van der Waals surface area contributed by atoms with Crippen LogP contribution in [-0.4, -0.2) is 29.9 Å². The maximum absolute atomic E-state index is 12.8. The first-order valence-corrected chi connectivity index (χ1v) is 8.49. The quantitative estimate of drug-likeness (QED) is 0.788. The Morgan fingerprint density at radius 3 is 2.25 bits per heavy atom. The Kier molecular flexibility index (Phi) is 6.03. The summed E-state index contributed by atoms with van der Waals surface area (Å²) in [4.78, 5) is 29.0. The van der Waals surface area contributed by atoms with Crippen molar-refractivity contribution in [3.05, 3.63) is 51.2 Å². The molecule has 0 aliphatic carbocycles. The molecule has 128 valence electrons. The van der Waals surface area contributed by atoms with Crippen LogP contribution in [0.3, 0.4) is 0 Å². The highest BCUT2D eigenvalue weighted by atomic mass is 32.1. The second-order valence-corrected chi connectivity index (χ2v) is 6.67. The summed E-state index contributed by atoms with van der Waals surface area (Å²) in [6.07, 6.45) is 0. The molecule has 0 bridgehead atoms. The molecule has 1 aromatic carbocycles. The summed E-state index contributed by atoms with van der Waals surface area (Å²) in [7, 11) is 0. The Morgan fingerprint density at radius 2 is 1.71 bits per heavy atom. The summed E-state index contributed by atoms with van der Waals surface area (Å²) in [5, 5.41) is 6.37. The number of hydrogen-bond donors (Lipinski definition) is 2. The number of hydrogen-bond acceptors (Lipinski definition) is 4. The zero-order valence-electron chi connectivity index (χ0n) is 13.9. The van der Waals surface area contributed by atoms with Gasteiger partial charge in [0.2, 0.25) is 0 Å². The maximum Gasteiger partial charge on any atom is 0.263 e. The average Bonchev–Trinajstić information content (AvgIpc) is 2.94. The summed E-state index contributed by atoms with van der Waals surface area (Å²) >= 11 is 1.39. The summed E-state index contributed by atoms with van der Waals surface area (Å²) in [5.41, 5.74) is 1.10. The largest absolute Gasteiger partial charge is 0.350 e. The van der Waals surface area contributed by atoms with Gasteiger partial charge in [0.1, 0.15) is 10.7 Å². The number of carbonyl (C=O) groups excluding carboxylic acids is 2. The van der Waals surface area contributed by atoms with E-state index in [1.165, 1.54) is 35.6 Å². The van der Waals surface area contributed by atoms with E-state index in [9.17, 15) is 14.0 Å². The van der Waals surface area contributed by atoms with E-state index < -0.39 is 0 Å². The zero-order valence-corrected chi connectivity index (χ0v) is 14.7. The first kappa shape index (κ1) is 18.1. The van der Waals surface area contributed by atoms with Crippen LogP contribution < -0.4 is 10.6 Å². The molecule has 0 saturated heterocycles. The molecule has 1 aromatic heterocycles. The van der Waals surface area contributed by atoms with E-state index in [1.54, 1.807) is 0 Å². The number of benzene rings is 1. The summed E-state index contributed by atoms with van der Waals surface area (Å²) in [6.45, 7) is 6.47. The van der Waals surface area contributed by atoms with Gasteiger partial charge in [-0.2, -0.15) is 0 Å². The summed E-state index contributed by atoms with van der Waals surface area (Å²) in [5.74, 6) is -0.599. The van der Waals surface area contributed by atoms with E-state index in [-0.39, 0.29) is 30.1 Å². The fourth-order valence-corrected chi connectivity index (χ4v) is 3.00. The van der Waals surface area contributed by atoms with Crippen LogP contribution in [0.5, 0.6) is 0 Å². The molecule has 0 unspecified atom stereocenters. The van der Waals surface area contributed by atoms with Crippen molar-refractivity contribution in [2.75, 3.05) is 13.1 Å². The molecule has 0 fully saturated rings. The minimum atomic E-state index is -0.389. The predicted molar refractivity (Wildman–Crippen MR) is 92.0 cm³/mol. The zero-order chi connectivity index (χ0) is 17.7. The first-order valence-electron chi connectivity index (χ1n) is 7.67. The van der Waals surface area contributed by atoms with Gasteiger partial charge in [-0.3, -0.25) is 9.59 Å². The predicted octanol–water partition coefficient (Wildman–Crippen LogP) is 2.87. The van der Waals surface area contributed by atoms with Gasteiger partial charge in [-0.1, -0.05) is 13.8 Å². The highest BCUT2D eigenvalue weighted by Gasteiger charge is 2.16. The molecule has 2 amide bonds. The molecule has 0 saturated carbocycles. The van der Waals surface area contributed by atoms with E-state index >= 15 is 0 Å². The number of rotatable bonds is 6. The van der Waals surface area contributed by atoms with Gasteiger partial charge in [-0.05, 0) is 31.2 Å². The third kappa shape index (κ3) is 4.61. The minimum Gasteiger partial charge on any atom is -0.350 e. The van der Waals surface area contributed by atoms with Gasteiger partial charge >= 0.3 is 0 Å². The van der Waals surface area contributed by atoms with Crippen LogP contribution in [0.1, 0.15) is 50.5 Å². The second-order valence-electron chi connectivity index (χ2n) is 5.64. The molecule has 2 rings (SSSR count). The lowest BCUT2D eigenvalue weighted by Crippen LogP contribution is -2.34. The molecule has 1 heterocycles. The maximum atomic E-state index is 12.8. The molecule has 2 N–H and O–H groups in total. The number of amides is 2. The summed E-state index contributed by atoms with van der Waals surface area (Å²) < 4.78 is 12.8. The lowest BCUT2D eigenvalue weighted by atomic mass is 10.2. The monoisotopic (exact) mass is 349 g/mol. The van der Waals surface area contributed by atoms with Crippen molar-refractivity contribution in [2.24, 2.45) is 0 Å². The molecule has 0 aliphatic rings. The molecule has 0 spiro atoms. The second kappa shape index (κ2) is 8.01. The standard InChI is InChI=1S/C17H20FN3O2S/c1-10(2)17-21-11(3)14(24-17)16(23)20-9-8-19-15(22)12-4-6-13(18)7-5-12/h4-7,10H,8-9H2,1-3H3,(H,19,22)(H,20,23). The number of thiazole rings is 1. The molecule has 24 heavy (non-hydrogen) atoms. The van der Waals surface area contributed by atoms with Crippen molar-refractivity contribution < 1.29 is 14.0 Å². The van der Waals surface area contributed by atoms with Crippen molar-refractivity contribution in [3.8, 4) is 0 Å². The van der Waals surface area contributed by atoms with E-state index in [4.69, 9.17) is 0 Å². The molecule has 0 aliphatic heterocycles. The third-order valence-electron chi connectivity index (χ3n) is 3.32. The SMILES string of the molecule is Cc1nc(C(C)C)sc1C(=O)NCCNC(=O)c1ccc(F)cc1. The van der Waals surface area contributed by atoms with Crippen LogP contribution in [0, 0.1) is 12.7 Å². The van der Waals surface area contributed by atoms with E-state index in [0.717, 1.165) is 10.7 Å². The molecule has 2 aromatic rings. The molecule has 5 nitrogen and oxygen atoms in total. The Balaban J connectivity index is 1.80. The van der Waals surface area contributed by atoms with Crippen molar-refractivity contribution >= 4 is 23.2 Å². The van der Waals surface area contributed by atoms with Crippen LogP contribution in [0.15, 0.2) is 24.3 Å². The fourth-order valence-electron chi connectivity index (χ4n) is 2.01. The molecular weight excluding hydrogens is 329 g/mol. The van der Waals surface area contributed by atoms with Crippen LogP contribution in [0.25, 0.3) is 0 Å². The van der Waals surface area contributed by atoms with Crippen molar-refractivity contribution in [1.29, 1.82) is 0 Å². The molecule has 0 atom stereocenters. The van der Waals surface area contributed by atoms with Crippen LogP contribution >= 0.6 is 11.3 Å². The topological polar surface area (TPSA) is 71.1 Å². The average molecular weight is 349 g/mol. The number of aryl methyl sites for hydroxylation is 1. The van der Waals surface area contributed by atoms with Gasteiger partial charge in [0.15, 0.2) is 0 Å². The fraction of sp³-hybridized carbons (Fsp3) is 0.353. The van der Waals surface area contributed by atoms with Gasteiger partial charge in [-0.25, -0.2) is 9.37 Å². The van der Waals surface area contributed by atoms with E-state index in [0.29, 0.717) is 17.0 Å². The van der Waals surface area contributed by atoms with Crippen LogP contribution in [-0.2, 0) is 0 Å². The van der Waals surface area contributed by atoms with Crippen molar-refractivity contribution in [3.63, 3.8) is 0 Å². The Morgan fingerprint density at radius 1 is 1.12 bits per heavy atom. The minimum absolute atomic E-state index is 0.187. The van der Waals surface area contributed by atoms with Gasteiger partial charge in [0.05, 0.1) is 10.7 Å². The third-order valence-corrected chi connectivity index (χ3v) is 4.77. The molecule has 7 heteroatoms. The van der Waals surface area contributed by atoms with Gasteiger partial charge < -0.3 is 10.6 Å². The van der Waals surface area contributed by atoms with Crippen LogP contribution in [0.2, 0.25) is 0 Å². The molecule has 0 radical (unpaired) electrons. The summed E-state index contributed by atoms with van der Waals surface area (Å²) in [6, 6.07) is 5.29. The lowest BCUT2D eigenvalue weighted by Gasteiger charge is -2.06. The number of nitrogens with zero attached hydrogens (tertiary/aromatic N) is 1. The Hall–Kier alpha value is -2.28. The number of carbonyl (C=O) groups is 2. The number of aromatic nitrogens is 1. The highest BCUT2D eigenvalue weighted by Crippen LogP contribution is 2.24. The van der Waals surface area contributed by atoms with Crippen LogP contribution in [0.4, 0.5) is 4.39 Å². The first-order chi connectivity index (χ1) is 11.4.